The molecule has 1 aromatic carbocycles. The summed E-state index contributed by atoms with van der Waals surface area (Å²) in [6.07, 6.45) is 2.26. The van der Waals surface area contributed by atoms with Gasteiger partial charge in [-0.2, -0.15) is 0 Å². The fourth-order valence-corrected chi connectivity index (χ4v) is 1.79. The normalized spacial score (nSPS) is 12.0. The molecule has 1 aromatic rings. The van der Waals surface area contributed by atoms with E-state index >= 15 is 0 Å². The van der Waals surface area contributed by atoms with Crippen LogP contribution >= 0.6 is 0 Å². The Morgan fingerprint density at radius 3 is 2.76 bits per heavy atom. The lowest BCUT2D eigenvalue weighted by molar-refractivity contribution is 0.0601. The second-order valence-electron chi connectivity index (χ2n) is 4.36. The highest BCUT2D eigenvalue weighted by Crippen LogP contribution is 2.19. The average molecular weight is 235 g/mol. The highest BCUT2D eigenvalue weighted by molar-refractivity contribution is 5.90. The number of carbonyl (C=O) groups is 1. The lowest BCUT2D eigenvalue weighted by Crippen LogP contribution is -2.15. The van der Waals surface area contributed by atoms with E-state index in [1.807, 2.05) is 19.1 Å². The Hall–Kier alpha value is -1.51. The van der Waals surface area contributed by atoms with Gasteiger partial charge in [-0.25, -0.2) is 4.79 Å². The van der Waals surface area contributed by atoms with Gasteiger partial charge in [0.05, 0.1) is 12.7 Å². The number of hydrogen-bond acceptors (Lipinski definition) is 3. The first-order valence-corrected chi connectivity index (χ1v) is 6.04. The van der Waals surface area contributed by atoms with E-state index in [4.69, 9.17) is 4.74 Å². The number of nitrogens with one attached hydrogen (secondary N) is 1. The van der Waals surface area contributed by atoms with Gasteiger partial charge in [0, 0.05) is 11.7 Å². The van der Waals surface area contributed by atoms with E-state index in [9.17, 15) is 4.79 Å². The van der Waals surface area contributed by atoms with Crippen LogP contribution in [-0.2, 0) is 4.74 Å². The predicted octanol–water partition coefficient (Wildman–Crippen LogP) is 3.38. The van der Waals surface area contributed by atoms with Crippen LogP contribution in [0.5, 0.6) is 0 Å². The summed E-state index contributed by atoms with van der Waals surface area (Å²) in [6.45, 7) is 6.34. The smallest absolute Gasteiger partial charge is 0.337 e. The number of anilines is 1. The molecular weight excluding hydrogens is 214 g/mol. The summed E-state index contributed by atoms with van der Waals surface area (Å²) in [5, 5.41) is 3.42. The molecule has 1 N–H and O–H groups in total. The van der Waals surface area contributed by atoms with Crippen LogP contribution in [-0.4, -0.2) is 19.1 Å². The van der Waals surface area contributed by atoms with Crippen LogP contribution in [0, 0.1) is 6.92 Å². The number of aryl methyl sites for hydroxylation is 1. The first-order chi connectivity index (χ1) is 8.08. The third kappa shape index (κ3) is 3.77. The number of ether oxygens (including phenoxy) is 1. The maximum atomic E-state index is 11.4. The Morgan fingerprint density at radius 1 is 1.47 bits per heavy atom. The van der Waals surface area contributed by atoms with Crippen molar-refractivity contribution in [2.75, 3.05) is 12.4 Å². The number of esters is 1. The van der Waals surface area contributed by atoms with Gasteiger partial charge in [0.1, 0.15) is 0 Å². The van der Waals surface area contributed by atoms with Crippen LogP contribution in [0.3, 0.4) is 0 Å². The maximum Gasteiger partial charge on any atom is 0.337 e. The predicted molar refractivity (Wildman–Crippen MR) is 70.5 cm³/mol. The van der Waals surface area contributed by atoms with Crippen LogP contribution in [0.25, 0.3) is 0 Å². The van der Waals surface area contributed by atoms with Crippen molar-refractivity contribution < 1.29 is 9.53 Å². The number of methoxy groups -OCH3 is 1. The van der Waals surface area contributed by atoms with Crippen molar-refractivity contribution in [2.24, 2.45) is 0 Å². The van der Waals surface area contributed by atoms with Gasteiger partial charge in [-0.3, -0.25) is 0 Å². The first-order valence-electron chi connectivity index (χ1n) is 6.04. The second kappa shape index (κ2) is 6.28. The van der Waals surface area contributed by atoms with E-state index < -0.39 is 0 Å². The van der Waals surface area contributed by atoms with E-state index in [2.05, 4.69) is 19.2 Å². The molecule has 3 heteroatoms. The molecule has 0 aliphatic heterocycles. The van der Waals surface area contributed by atoms with Crippen molar-refractivity contribution in [3.05, 3.63) is 29.3 Å². The molecule has 0 heterocycles. The van der Waals surface area contributed by atoms with Crippen molar-refractivity contribution in [1.82, 2.24) is 0 Å². The number of rotatable bonds is 5. The summed E-state index contributed by atoms with van der Waals surface area (Å²) in [5.41, 5.74) is 2.73. The van der Waals surface area contributed by atoms with E-state index in [1.54, 1.807) is 6.07 Å². The summed E-state index contributed by atoms with van der Waals surface area (Å²) in [4.78, 5) is 11.4. The highest BCUT2D eigenvalue weighted by Gasteiger charge is 2.09. The molecule has 0 saturated carbocycles. The molecule has 1 rings (SSSR count). The van der Waals surface area contributed by atoms with Crippen LogP contribution in [0.1, 0.15) is 42.6 Å². The van der Waals surface area contributed by atoms with Crippen molar-refractivity contribution in [3.8, 4) is 0 Å². The van der Waals surface area contributed by atoms with Crippen molar-refractivity contribution in [1.29, 1.82) is 0 Å². The Balaban J connectivity index is 2.86. The molecule has 0 aromatic heterocycles. The van der Waals surface area contributed by atoms with E-state index in [0.717, 1.165) is 24.1 Å². The summed E-state index contributed by atoms with van der Waals surface area (Å²) >= 11 is 0. The molecule has 0 aliphatic carbocycles. The molecular formula is C14H21NO2. The van der Waals surface area contributed by atoms with Gasteiger partial charge in [0.25, 0.3) is 0 Å². The lowest BCUT2D eigenvalue weighted by Gasteiger charge is -2.17. The van der Waals surface area contributed by atoms with Crippen LogP contribution < -0.4 is 5.32 Å². The van der Waals surface area contributed by atoms with Crippen molar-refractivity contribution >= 4 is 11.7 Å². The molecule has 0 aliphatic rings. The first kappa shape index (κ1) is 13.6. The molecule has 0 radical (unpaired) electrons. The Bertz CT molecular complexity index is 388. The van der Waals surface area contributed by atoms with Gasteiger partial charge in [-0.15, -0.1) is 0 Å². The third-order valence-electron chi connectivity index (χ3n) is 2.78. The molecule has 0 bridgehead atoms. The number of carbonyl (C=O) groups excluding carboxylic acids is 1. The van der Waals surface area contributed by atoms with E-state index in [-0.39, 0.29) is 5.97 Å². The number of hydrogen-bond donors (Lipinski definition) is 1. The van der Waals surface area contributed by atoms with E-state index in [0.29, 0.717) is 11.6 Å². The molecule has 0 saturated heterocycles. The molecule has 0 amide bonds. The Labute approximate surface area is 103 Å². The summed E-state index contributed by atoms with van der Waals surface area (Å²) < 4.78 is 4.72. The SMILES string of the molecule is CCCC(C)Nc1cc(C(=O)OC)ccc1C. The van der Waals surface area contributed by atoms with Crippen LogP contribution in [0.15, 0.2) is 18.2 Å². The highest BCUT2D eigenvalue weighted by atomic mass is 16.5. The van der Waals surface area contributed by atoms with Crippen LogP contribution in [0.4, 0.5) is 5.69 Å². The van der Waals surface area contributed by atoms with Gasteiger partial charge < -0.3 is 10.1 Å². The summed E-state index contributed by atoms with van der Waals surface area (Å²) in [5.74, 6) is -0.295. The zero-order chi connectivity index (χ0) is 12.8. The quantitative estimate of drug-likeness (QED) is 0.795. The average Bonchev–Trinajstić information content (AvgIpc) is 2.31. The van der Waals surface area contributed by atoms with Gasteiger partial charge in [0.2, 0.25) is 0 Å². The molecule has 1 atom stereocenters. The van der Waals surface area contributed by atoms with Gasteiger partial charge in [0.15, 0.2) is 0 Å². The second-order valence-corrected chi connectivity index (χ2v) is 4.36. The third-order valence-corrected chi connectivity index (χ3v) is 2.78. The van der Waals surface area contributed by atoms with Crippen molar-refractivity contribution in [3.63, 3.8) is 0 Å². The summed E-state index contributed by atoms with van der Waals surface area (Å²) in [7, 11) is 1.40. The van der Waals surface area contributed by atoms with Gasteiger partial charge in [-0.1, -0.05) is 19.4 Å². The maximum absolute atomic E-state index is 11.4. The zero-order valence-electron chi connectivity index (χ0n) is 11.0. The molecule has 0 spiro atoms. The Morgan fingerprint density at radius 2 is 2.18 bits per heavy atom. The summed E-state index contributed by atoms with van der Waals surface area (Å²) in [6, 6.07) is 5.99. The molecule has 94 valence electrons. The van der Waals surface area contributed by atoms with E-state index in [1.165, 1.54) is 7.11 Å². The zero-order valence-corrected chi connectivity index (χ0v) is 11.0. The molecule has 1 unspecified atom stereocenters. The number of benzene rings is 1. The fourth-order valence-electron chi connectivity index (χ4n) is 1.79. The minimum atomic E-state index is -0.295. The molecule has 0 fully saturated rings. The topological polar surface area (TPSA) is 38.3 Å². The largest absolute Gasteiger partial charge is 0.465 e. The standard InChI is InChI=1S/C14H21NO2/c1-5-6-11(3)15-13-9-12(14(16)17-4)8-7-10(13)2/h7-9,11,15H,5-6H2,1-4H3. The Kier molecular flexibility index (Phi) is 5.01. The monoisotopic (exact) mass is 235 g/mol. The fraction of sp³-hybridized carbons (Fsp3) is 0.500. The minimum absolute atomic E-state index is 0.295. The molecule has 17 heavy (non-hydrogen) atoms. The minimum Gasteiger partial charge on any atom is -0.465 e. The lowest BCUT2D eigenvalue weighted by atomic mass is 10.1. The molecule has 3 nitrogen and oxygen atoms in total. The van der Waals surface area contributed by atoms with Gasteiger partial charge >= 0.3 is 5.97 Å². The van der Waals surface area contributed by atoms with Crippen molar-refractivity contribution in [2.45, 2.75) is 39.7 Å². The van der Waals surface area contributed by atoms with Crippen LogP contribution in [0.2, 0.25) is 0 Å². The van der Waals surface area contributed by atoms with Gasteiger partial charge in [-0.05, 0) is 38.0 Å².